The molecule has 0 aliphatic heterocycles. The van der Waals surface area contributed by atoms with Crippen LogP contribution in [0.25, 0.3) is 0 Å². The van der Waals surface area contributed by atoms with Gasteiger partial charge in [-0.3, -0.25) is 0 Å². The smallest absolute Gasteiger partial charge is 0.213 e. The van der Waals surface area contributed by atoms with Gasteiger partial charge in [0.05, 0.1) is 19.3 Å². The lowest BCUT2D eigenvalue weighted by Crippen LogP contribution is -2.45. The van der Waals surface area contributed by atoms with Gasteiger partial charge in [0.2, 0.25) is 5.88 Å². The molecule has 0 bridgehead atoms. The maximum absolute atomic E-state index is 5.39. The van der Waals surface area contributed by atoms with Crippen molar-refractivity contribution in [2.24, 2.45) is 4.99 Å². The third-order valence-electron chi connectivity index (χ3n) is 3.01. The Hall–Kier alpha value is -1.09. The molecule has 22 heavy (non-hydrogen) atoms. The van der Waals surface area contributed by atoms with E-state index in [9.17, 15) is 0 Å². The standard InChI is InChI=1S/C15H26N4O2.HI/c1-6-16-14(19-11-15(2,3)21-5)18-10-12-7-8-17-13(9-12)20-4;/h7-9H,6,10-11H2,1-5H3,(H2,16,18,19);1H. The molecule has 7 heteroatoms. The quantitative estimate of drug-likeness (QED) is 0.401. The Morgan fingerprint density at radius 2 is 2.05 bits per heavy atom. The van der Waals surface area contributed by atoms with Crippen LogP contribution < -0.4 is 15.4 Å². The van der Waals surface area contributed by atoms with E-state index in [0.717, 1.165) is 18.1 Å². The number of halogens is 1. The average Bonchev–Trinajstić information content (AvgIpc) is 2.50. The summed E-state index contributed by atoms with van der Waals surface area (Å²) in [7, 11) is 3.31. The molecule has 1 heterocycles. The first-order chi connectivity index (χ1) is 10.0. The molecule has 0 saturated heterocycles. The van der Waals surface area contributed by atoms with E-state index in [1.165, 1.54) is 0 Å². The van der Waals surface area contributed by atoms with E-state index < -0.39 is 0 Å². The zero-order valence-corrected chi connectivity index (χ0v) is 16.3. The van der Waals surface area contributed by atoms with Gasteiger partial charge in [-0.05, 0) is 32.4 Å². The summed E-state index contributed by atoms with van der Waals surface area (Å²) in [6.07, 6.45) is 1.72. The molecule has 126 valence electrons. The third-order valence-corrected chi connectivity index (χ3v) is 3.01. The fourth-order valence-corrected chi connectivity index (χ4v) is 1.54. The van der Waals surface area contributed by atoms with Gasteiger partial charge in [0, 0.05) is 32.5 Å². The highest BCUT2D eigenvalue weighted by Gasteiger charge is 2.16. The SMILES string of the molecule is CCNC(=NCc1ccnc(OC)c1)NCC(C)(C)OC.I. The molecular weight excluding hydrogens is 395 g/mol. The number of pyridine rings is 1. The number of ether oxygens (including phenoxy) is 2. The number of guanidine groups is 1. The van der Waals surface area contributed by atoms with Crippen LogP contribution in [0.4, 0.5) is 0 Å². The van der Waals surface area contributed by atoms with Crippen molar-refractivity contribution in [2.45, 2.75) is 32.9 Å². The summed E-state index contributed by atoms with van der Waals surface area (Å²) >= 11 is 0. The lowest BCUT2D eigenvalue weighted by Gasteiger charge is -2.24. The molecule has 0 aliphatic rings. The minimum Gasteiger partial charge on any atom is -0.481 e. The van der Waals surface area contributed by atoms with Crippen LogP contribution in [-0.2, 0) is 11.3 Å². The van der Waals surface area contributed by atoms with Crippen LogP contribution in [0, 0.1) is 0 Å². The first kappa shape index (κ1) is 20.9. The Labute approximate surface area is 150 Å². The van der Waals surface area contributed by atoms with Crippen molar-refractivity contribution in [1.29, 1.82) is 0 Å². The highest BCUT2D eigenvalue weighted by atomic mass is 127. The first-order valence-electron chi connectivity index (χ1n) is 7.07. The maximum atomic E-state index is 5.39. The van der Waals surface area contributed by atoms with E-state index in [2.05, 4.69) is 20.6 Å². The molecule has 2 N–H and O–H groups in total. The van der Waals surface area contributed by atoms with Crippen molar-refractivity contribution in [1.82, 2.24) is 15.6 Å². The molecule has 0 amide bonds. The first-order valence-corrected chi connectivity index (χ1v) is 7.07. The van der Waals surface area contributed by atoms with Gasteiger partial charge in [0.15, 0.2) is 5.96 Å². The van der Waals surface area contributed by atoms with Gasteiger partial charge in [-0.2, -0.15) is 0 Å². The molecule has 6 nitrogen and oxygen atoms in total. The molecule has 0 aliphatic carbocycles. The van der Waals surface area contributed by atoms with E-state index >= 15 is 0 Å². The molecule has 1 rings (SSSR count). The number of hydrogen-bond donors (Lipinski definition) is 2. The number of nitrogens with zero attached hydrogens (tertiary/aromatic N) is 2. The van der Waals surface area contributed by atoms with E-state index in [1.54, 1.807) is 20.4 Å². The molecule has 0 spiro atoms. The Bertz CT molecular complexity index is 467. The predicted octanol–water partition coefficient (Wildman–Crippen LogP) is 2.19. The second-order valence-electron chi connectivity index (χ2n) is 5.22. The molecule has 1 aromatic rings. The molecular formula is C15H27IN4O2. The van der Waals surface area contributed by atoms with Crippen LogP contribution >= 0.6 is 24.0 Å². The van der Waals surface area contributed by atoms with Crippen LogP contribution in [0.15, 0.2) is 23.3 Å². The largest absolute Gasteiger partial charge is 0.481 e. The lowest BCUT2D eigenvalue weighted by molar-refractivity contribution is 0.0268. The molecule has 0 unspecified atom stereocenters. The van der Waals surface area contributed by atoms with Gasteiger partial charge in [-0.15, -0.1) is 24.0 Å². The molecule has 0 aromatic carbocycles. The van der Waals surface area contributed by atoms with Crippen LogP contribution in [0.3, 0.4) is 0 Å². The number of aromatic nitrogens is 1. The zero-order valence-electron chi connectivity index (χ0n) is 14.0. The van der Waals surface area contributed by atoms with Gasteiger partial charge in [0.25, 0.3) is 0 Å². The number of nitrogens with one attached hydrogen (secondary N) is 2. The fourth-order valence-electron chi connectivity index (χ4n) is 1.54. The lowest BCUT2D eigenvalue weighted by atomic mass is 10.1. The summed E-state index contributed by atoms with van der Waals surface area (Å²) in [5, 5.41) is 6.49. The molecule has 0 fully saturated rings. The second-order valence-corrected chi connectivity index (χ2v) is 5.22. The van der Waals surface area contributed by atoms with Crippen LogP contribution in [0.2, 0.25) is 0 Å². The summed E-state index contributed by atoms with van der Waals surface area (Å²) in [6.45, 7) is 8.12. The minimum absolute atomic E-state index is 0. The summed E-state index contributed by atoms with van der Waals surface area (Å²) in [5.41, 5.74) is 0.806. The summed E-state index contributed by atoms with van der Waals surface area (Å²) in [6, 6.07) is 3.81. The van der Waals surface area contributed by atoms with Crippen molar-refractivity contribution >= 4 is 29.9 Å². The van der Waals surface area contributed by atoms with Gasteiger partial charge >= 0.3 is 0 Å². The van der Waals surface area contributed by atoms with Crippen molar-refractivity contribution in [2.75, 3.05) is 27.3 Å². The Kier molecular flexibility index (Phi) is 10.1. The van der Waals surface area contributed by atoms with Gasteiger partial charge in [-0.25, -0.2) is 9.98 Å². The molecule has 0 atom stereocenters. The predicted molar refractivity (Wildman–Crippen MR) is 100 cm³/mol. The topological polar surface area (TPSA) is 67.8 Å². The van der Waals surface area contributed by atoms with Crippen LogP contribution in [0.5, 0.6) is 5.88 Å². The summed E-state index contributed by atoms with van der Waals surface area (Å²) in [5.74, 6) is 1.36. The van der Waals surface area contributed by atoms with Crippen LogP contribution in [0.1, 0.15) is 26.3 Å². The van der Waals surface area contributed by atoms with E-state index in [1.807, 2.05) is 32.9 Å². The van der Waals surface area contributed by atoms with Crippen molar-refractivity contribution in [3.05, 3.63) is 23.9 Å². The highest BCUT2D eigenvalue weighted by molar-refractivity contribution is 14.0. The molecule has 0 saturated carbocycles. The highest BCUT2D eigenvalue weighted by Crippen LogP contribution is 2.09. The molecule has 1 aromatic heterocycles. The maximum Gasteiger partial charge on any atom is 0.213 e. The monoisotopic (exact) mass is 422 g/mol. The van der Waals surface area contributed by atoms with Gasteiger partial charge in [-0.1, -0.05) is 0 Å². The van der Waals surface area contributed by atoms with E-state index in [4.69, 9.17) is 9.47 Å². The van der Waals surface area contributed by atoms with Gasteiger partial charge < -0.3 is 20.1 Å². The van der Waals surface area contributed by atoms with Crippen LogP contribution in [-0.4, -0.2) is 43.9 Å². The van der Waals surface area contributed by atoms with E-state index in [0.29, 0.717) is 19.0 Å². The van der Waals surface area contributed by atoms with E-state index in [-0.39, 0.29) is 29.6 Å². The Balaban J connectivity index is 0.00000441. The third kappa shape index (κ3) is 7.79. The normalized spacial score (nSPS) is 11.6. The average molecular weight is 422 g/mol. The summed E-state index contributed by atoms with van der Waals surface area (Å²) < 4.78 is 10.5. The van der Waals surface area contributed by atoms with Crippen molar-refractivity contribution in [3.8, 4) is 5.88 Å². The number of aliphatic imine (C=N–C) groups is 1. The van der Waals surface area contributed by atoms with Gasteiger partial charge in [0.1, 0.15) is 0 Å². The number of methoxy groups -OCH3 is 2. The second kappa shape index (κ2) is 10.6. The number of hydrogen-bond acceptors (Lipinski definition) is 4. The fraction of sp³-hybridized carbons (Fsp3) is 0.600. The number of rotatable bonds is 7. The Morgan fingerprint density at radius 3 is 2.64 bits per heavy atom. The minimum atomic E-state index is -0.240. The van der Waals surface area contributed by atoms with Crippen molar-refractivity contribution in [3.63, 3.8) is 0 Å². The van der Waals surface area contributed by atoms with Crippen molar-refractivity contribution < 1.29 is 9.47 Å². The summed E-state index contributed by atoms with van der Waals surface area (Å²) in [4.78, 5) is 8.63. The Morgan fingerprint density at radius 1 is 1.32 bits per heavy atom. The molecule has 0 radical (unpaired) electrons. The zero-order chi connectivity index (χ0) is 15.7.